The van der Waals surface area contributed by atoms with Gasteiger partial charge in [0.2, 0.25) is 0 Å². The molecule has 1 saturated carbocycles. The van der Waals surface area contributed by atoms with Crippen molar-refractivity contribution in [1.29, 1.82) is 0 Å². The van der Waals surface area contributed by atoms with Crippen molar-refractivity contribution in [1.82, 2.24) is 4.90 Å². The maximum Gasteiger partial charge on any atom is 0.410 e. The molecule has 1 amide bonds. The van der Waals surface area contributed by atoms with E-state index in [-0.39, 0.29) is 12.1 Å². The molecule has 1 aliphatic carbocycles. The van der Waals surface area contributed by atoms with E-state index in [1.807, 2.05) is 27.7 Å². The van der Waals surface area contributed by atoms with E-state index in [2.05, 4.69) is 0 Å². The van der Waals surface area contributed by atoms with Gasteiger partial charge in [-0.1, -0.05) is 0 Å². The molecule has 0 bridgehead atoms. The van der Waals surface area contributed by atoms with Gasteiger partial charge in [0, 0.05) is 19.5 Å². The number of piperidine rings is 1. The summed E-state index contributed by atoms with van der Waals surface area (Å²) in [5.41, 5.74) is -0.450. The van der Waals surface area contributed by atoms with E-state index in [9.17, 15) is 9.59 Å². The van der Waals surface area contributed by atoms with Crippen LogP contribution in [-0.2, 0) is 14.3 Å². The number of carbonyl (C=O) groups excluding carboxylic acids is 2. The maximum atomic E-state index is 11.9. The maximum absolute atomic E-state index is 11.9. The van der Waals surface area contributed by atoms with Crippen molar-refractivity contribution in [2.75, 3.05) is 19.7 Å². The summed E-state index contributed by atoms with van der Waals surface area (Å²) in [4.78, 5) is 25.0. The van der Waals surface area contributed by atoms with Crippen LogP contribution in [0.3, 0.4) is 0 Å². The number of carbonyl (C=O) groups is 2. The zero-order valence-corrected chi connectivity index (χ0v) is 12.1. The number of rotatable bonds is 3. The quantitative estimate of drug-likeness (QED) is 0.736. The first-order chi connectivity index (χ1) is 8.81. The van der Waals surface area contributed by atoms with Crippen LogP contribution in [0, 0.1) is 17.8 Å². The smallest absolute Gasteiger partial charge is 0.410 e. The van der Waals surface area contributed by atoms with Gasteiger partial charge in [-0.05, 0) is 45.4 Å². The number of fused-ring (bicyclic) bond motifs is 1. The predicted octanol–water partition coefficient (Wildman–Crippen LogP) is 2.05. The highest BCUT2D eigenvalue weighted by Crippen LogP contribution is 2.53. The molecule has 1 aliphatic heterocycles. The molecular weight excluding hydrogens is 246 g/mol. The third kappa shape index (κ3) is 3.39. The van der Waals surface area contributed by atoms with Gasteiger partial charge in [0.05, 0.1) is 6.61 Å². The van der Waals surface area contributed by atoms with Gasteiger partial charge in [-0.25, -0.2) is 4.79 Å². The number of amides is 1. The minimum absolute atomic E-state index is 0.120. The fraction of sp³-hybridized carbons (Fsp3) is 0.857. The summed E-state index contributed by atoms with van der Waals surface area (Å²) in [6, 6.07) is 0. The van der Waals surface area contributed by atoms with Crippen LogP contribution in [0.5, 0.6) is 0 Å². The molecule has 2 unspecified atom stereocenters. The van der Waals surface area contributed by atoms with Crippen molar-refractivity contribution >= 4 is 12.1 Å². The summed E-state index contributed by atoms with van der Waals surface area (Å²) in [5, 5.41) is 0. The Labute approximate surface area is 114 Å². The van der Waals surface area contributed by atoms with E-state index < -0.39 is 5.60 Å². The minimum atomic E-state index is -0.450. The lowest BCUT2D eigenvalue weighted by Crippen LogP contribution is -2.37. The average molecular weight is 269 g/mol. The average Bonchev–Trinajstić information content (AvgIpc) is 2.73. The first-order valence-corrected chi connectivity index (χ1v) is 6.95. The van der Waals surface area contributed by atoms with Crippen LogP contribution in [0.1, 0.15) is 34.1 Å². The molecule has 108 valence electrons. The van der Waals surface area contributed by atoms with Gasteiger partial charge in [-0.15, -0.1) is 0 Å². The number of hydrogen-bond acceptors (Lipinski definition) is 4. The van der Waals surface area contributed by atoms with Crippen molar-refractivity contribution in [3.8, 4) is 0 Å². The van der Waals surface area contributed by atoms with Crippen LogP contribution in [0.2, 0.25) is 0 Å². The highest BCUT2D eigenvalue weighted by Gasteiger charge is 2.57. The van der Waals surface area contributed by atoms with Gasteiger partial charge >= 0.3 is 12.1 Å². The van der Waals surface area contributed by atoms with E-state index in [4.69, 9.17) is 9.47 Å². The fourth-order valence-corrected chi connectivity index (χ4v) is 2.84. The van der Waals surface area contributed by atoms with E-state index >= 15 is 0 Å². The van der Waals surface area contributed by atoms with Crippen LogP contribution in [0.25, 0.3) is 0 Å². The number of ether oxygens (including phenoxy) is 2. The van der Waals surface area contributed by atoms with Crippen LogP contribution < -0.4 is 0 Å². The third-order valence-corrected chi connectivity index (χ3v) is 3.73. The van der Waals surface area contributed by atoms with E-state index in [0.29, 0.717) is 43.9 Å². The Morgan fingerprint density at radius 1 is 1.21 bits per heavy atom. The van der Waals surface area contributed by atoms with Gasteiger partial charge in [-0.3, -0.25) is 4.79 Å². The Balaban J connectivity index is 1.74. The molecule has 0 aromatic heterocycles. The molecule has 0 spiro atoms. The number of nitrogens with zero attached hydrogens (tertiary/aromatic N) is 1. The van der Waals surface area contributed by atoms with Crippen molar-refractivity contribution in [2.45, 2.75) is 39.7 Å². The molecule has 1 saturated heterocycles. The van der Waals surface area contributed by atoms with Gasteiger partial charge in [0.1, 0.15) is 5.60 Å². The summed E-state index contributed by atoms with van der Waals surface area (Å²) in [5.74, 6) is 1.19. The summed E-state index contributed by atoms with van der Waals surface area (Å²) in [6.07, 6.45) is 0.250. The molecule has 0 aromatic rings. The number of esters is 1. The number of hydrogen-bond donors (Lipinski definition) is 0. The molecule has 5 nitrogen and oxygen atoms in total. The monoisotopic (exact) mass is 269 g/mol. The van der Waals surface area contributed by atoms with E-state index in [0.717, 1.165) is 0 Å². The van der Waals surface area contributed by atoms with Crippen LogP contribution in [-0.4, -0.2) is 42.3 Å². The van der Waals surface area contributed by atoms with Crippen molar-refractivity contribution in [3.63, 3.8) is 0 Å². The second-order valence-corrected chi connectivity index (χ2v) is 6.39. The summed E-state index contributed by atoms with van der Waals surface area (Å²) < 4.78 is 10.3. The number of likely N-dealkylation sites (tertiary alicyclic amines) is 1. The molecule has 19 heavy (non-hydrogen) atoms. The van der Waals surface area contributed by atoms with Crippen LogP contribution in [0.15, 0.2) is 0 Å². The topological polar surface area (TPSA) is 55.8 Å². The lowest BCUT2D eigenvalue weighted by molar-refractivity contribution is -0.143. The van der Waals surface area contributed by atoms with Gasteiger partial charge in [-0.2, -0.15) is 0 Å². The predicted molar refractivity (Wildman–Crippen MR) is 69.5 cm³/mol. The van der Waals surface area contributed by atoms with Crippen molar-refractivity contribution < 1.29 is 19.1 Å². The van der Waals surface area contributed by atoms with Gasteiger partial charge < -0.3 is 14.4 Å². The SMILES string of the molecule is CCOC(=O)CC1C2CN(C(=O)OC(C)(C)C)CC12. The fourth-order valence-electron chi connectivity index (χ4n) is 2.84. The molecule has 0 aromatic carbocycles. The minimum Gasteiger partial charge on any atom is -0.466 e. The first-order valence-electron chi connectivity index (χ1n) is 6.95. The summed E-state index contributed by atoms with van der Waals surface area (Å²) >= 11 is 0. The second-order valence-electron chi connectivity index (χ2n) is 6.39. The van der Waals surface area contributed by atoms with Crippen LogP contribution >= 0.6 is 0 Å². The molecule has 2 fully saturated rings. The van der Waals surface area contributed by atoms with E-state index in [1.165, 1.54) is 0 Å². The molecule has 2 atom stereocenters. The Bertz CT molecular complexity index is 362. The standard InChI is InChI=1S/C14H23NO4/c1-5-18-12(16)6-9-10-7-15(8-11(9)10)13(17)19-14(2,3)4/h9-11H,5-8H2,1-4H3. The zero-order chi connectivity index (χ0) is 14.2. The molecule has 2 rings (SSSR count). The summed E-state index contributed by atoms with van der Waals surface area (Å²) in [6.45, 7) is 9.27. The van der Waals surface area contributed by atoms with E-state index in [1.54, 1.807) is 4.90 Å². The Morgan fingerprint density at radius 2 is 1.79 bits per heavy atom. The normalized spacial score (nSPS) is 28.8. The van der Waals surface area contributed by atoms with Crippen LogP contribution in [0.4, 0.5) is 4.79 Å². The largest absolute Gasteiger partial charge is 0.466 e. The lowest BCUT2D eigenvalue weighted by Gasteiger charge is -2.25. The van der Waals surface area contributed by atoms with Crippen molar-refractivity contribution in [2.24, 2.45) is 17.8 Å². The highest BCUT2D eigenvalue weighted by atomic mass is 16.6. The third-order valence-electron chi connectivity index (χ3n) is 3.73. The van der Waals surface area contributed by atoms with Gasteiger partial charge in [0.15, 0.2) is 0 Å². The highest BCUT2D eigenvalue weighted by molar-refractivity contribution is 5.71. The Kier molecular flexibility index (Phi) is 3.74. The molecule has 0 N–H and O–H groups in total. The Hall–Kier alpha value is -1.26. The summed E-state index contributed by atoms with van der Waals surface area (Å²) in [7, 11) is 0. The molecular formula is C14H23NO4. The molecule has 1 heterocycles. The molecule has 5 heteroatoms. The molecule has 0 radical (unpaired) electrons. The lowest BCUT2D eigenvalue weighted by atomic mass is 10.2. The first kappa shape index (κ1) is 14.2. The Morgan fingerprint density at radius 3 is 2.26 bits per heavy atom. The van der Waals surface area contributed by atoms with Gasteiger partial charge in [0.25, 0.3) is 0 Å². The zero-order valence-electron chi connectivity index (χ0n) is 12.1. The second kappa shape index (κ2) is 5.02. The molecule has 2 aliphatic rings. The van der Waals surface area contributed by atoms with Crippen molar-refractivity contribution in [3.05, 3.63) is 0 Å².